The lowest BCUT2D eigenvalue weighted by Gasteiger charge is -1.98. The zero-order valence-electron chi connectivity index (χ0n) is 9.71. The molecule has 0 atom stereocenters. The predicted molar refractivity (Wildman–Crippen MR) is 73.1 cm³/mol. The van der Waals surface area contributed by atoms with Gasteiger partial charge in [0.1, 0.15) is 0 Å². The number of rotatable bonds is 4. The second kappa shape index (κ2) is 5.77. The van der Waals surface area contributed by atoms with Crippen LogP contribution >= 0.6 is 22.7 Å². The maximum atomic E-state index is 12.0. The molecule has 19 heavy (non-hydrogen) atoms. The van der Waals surface area contributed by atoms with Gasteiger partial charge in [-0.3, -0.25) is 14.4 Å². The Morgan fingerprint density at radius 2 is 2.00 bits per heavy atom. The standard InChI is InChI=1S/C12H10N2O3S2/c13-11(16)12(17)14-5-8-1-2-9(19-8)10(15)7-3-4-18-6-7/h1-4,6H,5H2,(H2,13,16)(H,14,17). The SMILES string of the molecule is NC(=O)C(=O)NCc1ccc(C(=O)c2ccsc2)s1. The largest absolute Gasteiger partial charge is 0.361 e. The summed E-state index contributed by atoms with van der Waals surface area (Å²) >= 11 is 2.74. The Balaban J connectivity index is 2.01. The van der Waals surface area contributed by atoms with E-state index in [1.807, 2.05) is 5.38 Å². The summed E-state index contributed by atoms with van der Waals surface area (Å²) in [5.74, 6) is -1.90. The smallest absolute Gasteiger partial charge is 0.309 e. The van der Waals surface area contributed by atoms with Crippen molar-refractivity contribution in [3.63, 3.8) is 0 Å². The van der Waals surface area contributed by atoms with Gasteiger partial charge in [0.25, 0.3) is 0 Å². The maximum absolute atomic E-state index is 12.0. The van der Waals surface area contributed by atoms with E-state index in [4.69, 9.17) is 5.73 Å². The summed E-state index contributed by atoms with van der Waals surface area (Å²) in [5.41, 5.74) is 5.47. The van der Waals surface area contributed by atoms with Crippen LogP contribution in [0.4, 0.5) is 0 Å². The van der Waals surface area contributed by atoms with Gasteiger partial charge in [0.05, 0.1) is 11.4 Å². The first-order chi connectivity index (χ1) is 9.08. The van der Waals surface area contributed by atoms with Crippen molar-refractivity contribution in [3.8, 4) is 0 Å². The van der Waals surface area contributed by atoms with E-state index >= 15 is 0 Å². The minimum Gasteiger partial charge on any atom is -0.361 e. The molecule has 2 aromatic rings. The van der Waals surface area contributed by atoms with Crippen LogP contribution in [-0.4, -0.2) is 17.6 Å². The molecule has 5 nitrogen and oxygen atoms in total. The Labute approximate surface area is 117 Å². The van der Waals surface area contributed by atoms with Crippen molar-refractivity contribution in [3.05, 3.63) is 44.3 Å². The molecule has 0 aromatic carbocycles. The van der Waals surface area contributed by atoms with Crippen LogP contribution in [0.2, 0.25) is 0 Å². The molecule has 2 heterocycles. The van der Waals surface area contributed by atoms with Crippen molar-refractivity contribution >= 4 is 40.3 Å². The lowest BCUT2D eigenvalue weighted by atomic mass is 10.2. The summed E-state index contributed by atoms with van der Waals surface area (Å²) in [6.07, 6.45) is 0. The number of nitrogens with two attached hydrogens (primary N) is 1. The lowest BCUT2D eigenvalue weighted by molar-refractivity contribution is -0.137. The van der Waals surface area contributed by atoms with Crippen LogP contribution in [0.5, 0.6) is 0 Å². The molecule has 0 aliphatic rings. The predicted octanol–water partition coefficient (Wildman–Crippen LogP) is 1.14. The Hall–Kier alpha value is -1.99. The average molecular weight is 294 g/mol. The van der Waals surface area contributed by atoms with Crippen LogP contribution < -0.4 is 11.1 Å². The van der Waals surface area contributed by atoms with Crippen LogP contribution in [0.1, 0.15) is 20.1 Å². The first kappa shape index (κ1) is 13.4. The summed E-state index contributed by atoms with van der Waals surface area (Å²) in [6, 6.07) is 5.21. The number of thiophene rings is 2. The zero-order chi connectivity index (χ0) is 13.8. The van der Waals surface area contributed by atoms with E-state index in [0.717, 1.165) is 4.88 Å². The van der Waals surface area contributed by atoms with Gasteiger partial charge < -0.3 is 11.1 Å². The highest BCUT2D eigenvalue weighted by molar-refractivity contribution is 7.14. The molecule has 2 aromatic heterocycles. The van der Waals surface area contributed by atoms with Gasteiger partial charge in [-0.25, -0.2) is 0 Å². The van der Waals surface area contributed by atoms with Gasteiger partial charge in [-0.1, -0.05) is 0 Å². The number of ketones is 1. The molecule has 0 spiro atoms. The number of carbonyl (C=O) groups excluding carboxylic acids is 3. The van der Waals surface area contributed by atoms with E-state index in [2.05, 4.69) is 5.32 Å². The Morgan fingerprint density at radius 1 is 1.21 bits per heavy atom. The third-order valence-electron chi connectivity index (χ3n) is 2.32. The minimum atomic E-state index is -1.02. The number of hydrogen-bond donors (Lipinski definition) is 2. The summed E-state index contributed by atoms with van der Waals surface area (Å²) in [6.45, 7) is 0.184. The van der Waals surface area contributed by atoms with Gasteiger partial charge in [-0.2, -0.15) is 11.3 Å². The molecule has 7 heteroatoms. The van der Waals surface area contributed by atoms with Crippen molar-refractivity contribution in [2.75, 3.05) is 0 Å². The number of nitrogens with one attached hydrogen (secondary N) is 1. The first-order valence-electron chi connectivity index (χ1n) is 5.31. The van der Waals surface area contributed by atoms with E-state index in [-0.39, 0.29) is 12.3 Å². The molecular formula is C12H10N2O3S2. The van der Waals surface area contributed by atoms with Crippen molar-refractivity contribution in [1.82, 2.24) is 5.32 Å². The molecule has 2 amide bonds. The van der Waals surface area contributed by atoms with Crippen molar-refractivity contribution in [1.29, 1.82) is 0 Å². The van der Waals surface area contributed by atoms with Gasteiger partial charge in [0, 0.05) is 15.8 Å². The average Bonchev–Trinajstić information content (AvgIpc) is 3.06. The molecule has 0 aliphatic heterocycles. The highest BCUT2D eigenvalue weighted by Crippen LogP contribution is 2.21. The Morgan fingerprint density at radius 3 is 2.63 bits per heavy atom. The second-order valence-corrected chi connectivity index (χ2v) is 5.60. The monoisotopic (exact) mass is 294 g/mol. The van der Waals surface area contributed by atoms with Crippen molar-refractivity contribution in [2.45, 2.75) is 6.54 Å². The molecule has 0 bridgehead atoms. The van der Waals surface area contributed by atoms with E-state index in [9.17, 15) is 14.4 Å². The first-order valence-corrected chi connectivity index (χ1v) is 7.07. The molecule has 3 N–H and O–H groups in total. The number of hydrogen-bond acceptors (Lipinski definition) is 5. The van der Waals surface area contributed by atoms with Crippen LogP contribution in [0.25, 0.3) is 0 Å². The Kier molecular flexibility index (Phi) is 4.08. The zero-order valence-corrected chi connectivity index (χ0v) is 11.3. The minimum absolute atomic E-state index is 0.0428. The van der Waals surface area contributed by atoms with Crippen LogP contribution in [-0.2, 0) is 16.1 Å². The number of amides is 2. The highest BCUT2D eigenvalue weighted by Gasteiger charge is 2.13. The second-order valence-electron chi connectivity index (χ2n) is 3.65. The molecule has 0 saturated carbocycles. The maximum Gasteiger partial charge on any atom is 0.309 e. The third-order valence-corrected chi connectivity index (χ3v) is 4.08. The van der Waals surface area contributed by atoms with Crippen LogP contribution in [0, 0.1) is 0 Å². The van der Waals surface area contributed by atoms with Crippen molar-refractivity contribution < 1.29 is 14.4 Å². The van der Waals surface area contributed by atoms with Gasteiger partial charge >= 0.3 is 11.8 Å². The highest BCUT2D eigenvalue weighted by atomic mass is 32.1. The molecular weight excluding hydrogens is 284 g/mol. The fourth-order valence-electron chi connectivity index (χ4n) is 1.39. The van der Waals surface area contributed by atoms with Crippen molar-refractivity contribution in [2.24, 2.45) is 5.73 Å². The summed E-state index contributed by atoms with van der Waals surface area (Å²) < 4.78 is 0. The third kappa shape index (κ3) is 3.27. The van der Waals surface area contributed by atoms with Crippen LogP contribution in [0.15, 0.2) is 29.0 Å². The number of carbonyl (C=O) groups is 3. The normalized spacial score (nSPS) is 10.1. The molecule has 0 fully saturated rings. The fraction of sp³-hybridized carbons (Fsp3) is 0.0833. The molecule has 0 unspecified atom stereocenters. The molecule has 0 saturated heterocycles. The lowest BCUT2D eigenvalue weighted by Crippen LogP contribution is -2.35. The fourth-order valence-corrected chi connectivity index (χ4v) is 2.93. The van der Waals surface area contributed by atoms with Gasteiger partial charge in [0.15, 0.2) is 0 Å². The molecule has 0 radical (unpaired) electrons. The topological polar surface area (TPSA) is 89.3 Å². The van der Waals surface area contributed by atoms with E-state index in [1.165, 1.54) is 22.7 Å². The van der Waals surface area contributed by atoms with Crippen LogP contribution in [0.3, 0.4) is 0 Å². The summed E-state index contributed by atoms with van der Waals surface area (Å²) in [7, 11) is 0. The summed E-state index contributed by atoms with van der Waals surface area (Å²) in [5, 5.41) is 6.00. The molecule has 0 aliphatic carbocycles. The van der Waals surface area contributed by atoms with E-state index < -0.39 is 11.8 Å². The van der Waals surface area contributed by atoms with Gasteiger partial charge in [-0.05, 0) is 23.6 Å². The molecule has 98 valence electrons. The van der Waals surface area contributed by atoms with Gasteiger partial charge in [0.2, 0.25) is 5.78 Å². The quantitative estimate of drug-likeness (QED) is 0.654. The van der Waals surface area contributed by atoms with Gasteiger partial charge in [-0.15, -0.1) is 11.3 Å². The molecule has 2 rings (SSSR count). The Bertz CT molecular complexity index is 617. The van der Waals surface area contributed by atoms with E-state index in [1.54, 1.807) is 23.6 Å². The summed E-state index contributed by atoms with van der Waals surface area (Å²) in [4.78, 5) is 35.0. The number of primary amides is 1. The van der Waals surface area contributed by atoms with E-state index in [0.29, 0.717) is 10.4 Å².